The van der Waals surface area contributed by atoms with Crippen LogP contribution >= 0.6 is 0 Å². The Morgan fingerprint density at radius 2 is 0.719 bits per heavy atom. The van der Waals surface area contributed by atoms with Crippen molar-refractivity contribution in [2.75, 3.05) is 0 Å². The molecule has 0 atom stereocenters. The van der Waals surface area contributed by atoms with Gasteiger partial charge >= 0.3 is 0 Å². The van der Waals surface area contributed by atoms with Crippen LogP contribution < -0.4 is 4.90 Å². The van der Waals surface area contributed by atoms with Gasteiger partial charge in [0.2, 0.25) is 0 Å². The summed E-state index contributed by atoms with van der Waals surface area (Å²) in [4.78, 5) is 1.25. The molecule has 0 unspecified atom stereocenters. The second kappa shape index (κ2) is 11.4. The number of rotatable bonds is 3. The number of para-hydroxylation sites is 2. The van der Waals surface area contributed by atoms with Gasteiger partial charge in [0, 0.05) is 55.2 Å². The van der Waals surface area contributed by atoms with Gasteiger partial charge in [0.15, 0.2) is 0 Å². The number of fused-ring (bicyclic) bond motifs is 12. The van der Waals surface area contributed by atoms with Gasteiger partial charge in [-0.1, -0.05) is 105 Å². The third kappa shape index (κ3) is 4.88. The van der Waals surface area contributed by atoms with E-state index in [4.69, 9.17) is 0 Å². The number of hydrogen-bond donors (Lipinski definition) is 1. The molecule has 4 aromatic heterocycles. The smallest absolute Gasteiger partial charge is 0.143 e. The lowest BCUT2D eigenvalue weighted by molar-refractivity contribution is -0.681. The molecule has 0 bridgehead atoms. The number of aromatic nitrogens is 2. The van der Waals surface area contributed by atoms with E-state index in [0.717, 1.165) is 0 Å². The molecule has 0 fully saturated rings. The first-order valence-electron chi connectivity index (χ1n) is 20.6. The normalized spacial score (nSPS) is 13.5. The topological polar surface area (TPSA) is 13.3 Å². The second-order valence-electron chi connectivity index (χ2n) is 19.7. The molecule has 7 aromatic carbocycles. The largest absolute Gasteiger partial charge is 0.308 e. The third-order valence-corrected chi connectivity index (χ3v) is 12.9. The van der Waals surface area contributed by atoms with Crippen LogP contribution in [0.25, 0.3) is 76.2 Å². The average molecular weight is 741 g/mol. The molecule has 1 N–H and O–H groups in total. The summed E-state index contributed by atoms with van der Waals surface area (Å²) in [6, 6.07) is 51.1. The molecule has 0 aliphatic rings. The molecule has 57 heavy (non-hydrogen) atoms. The Morgan fingerprint density at radius 3 is 1.19 bits per heavy atom. The first kappa shape index (κ1) is 34.4. The van der Waals surface area contributed by atoms with E-state index in [1.165, 1.54) is 115 Å². The summed E-state index contributed by atoms with van der Waals surface area (Å²) in [5, 5.41) is 10.6. The van der Waals surface area contributed by atoms with Crippen LogP contribution in [0.2, 0.25) is 0 Å². The molecule has 0 spiro atoms. The summed E-state index contributed by atoms with van der Waals surface area (Å²) < 4.78 is 5.16. The number of quaternary nitrogens is 1. The average Bonchev–Trinajstić information content (AvgIpc) is 3.89. The van der Waals surface area contributed by atoms with E-state index in [0.29, 0.717) is 0 Å². The van der Waals surface area contributed by atoms with E-state index in [1.807, 2.05) is 0 Å². The predicted molar refractivity (Wildman–Crippen MR) is 245 cm³/mol. The number of nitrogens with zero attached hydrogens (tertiary/aromatic N) is 2. The zero-order chi connectivity index (χ0) is 39.3. The van der Waals surface area contributed by atoms with Gasteiger partial charge in [0.05, 0.1) is 33.1 Å². The summed E-state index contributed by atoms with van der Waals surface area (Å²) in [5.74, 6) is 0. The van der Waals surface area contributed by atoms with Crippen LogP contribution in [-0.4, -0.2) is 8.80 Å². The van der Waals surface area contributed by atoms with Gasteiger partial charge in [0.1, 0.15) is 17.1 Å². The molecule has 4 heterocycles. The van der Waals surface area contributed by atoms with Gasteiger partial charge in [-0.05, 0) is 112 Å². The maximum absolute atomic E-state index is 2.59. The SMILES string of the molecule is CC(C)(C)c1ccc2c(c1)c1cc(C(C)(C)C)cc3c4cc5c(cc4n2c13)c1cc(C(C)(C)C)cc2c3ccc([NH+](c4ccccc4)c4ccccc4)cc3n5c21. The van der Waals surface area contributed by atoms with Crippen LogP contribution in [0.5, 0.6) is 0 Å². The molecule has 0 saturated carbocycles. The van der Waals surface area contributed by atoms with Crippen molar-refractivity contribution >= 4 is 93.3 Å². The fourth-order valence-electron chi connectivity index (χ4n) is 9.78. The highest BCUT2D eigenvalue weighted by molar-refractivity contribution is 6.29. The summed E-state index contributed by atoms with van der Waals surface area (Å²) >= 11 is 0. The highest BCUT2D eigenvalue weighted by Crippen LogP contribution is 2.47. The van der Waals surface area contributed by atoms with E-state index >= 15 is 0 Å². The van der Waals surface area contributed by atoms with E-state index in [2.05, 4.69) is 205 Å². The minimum Gasteiger partial charge on any atom is -0.308 e. The van der Waals surface area contributed by atoms with Crippen LogP contribution in [0.3, 0.4) is 0 Å². The molecule has 0 amide bonds. The summed E-state index contributed by atoms with van der Waals surface area (Å²) in [6.45, 7) is 21.0. The lowest BCUT2D eigenvalue weighted by Gasteiger charge is -2.20. The summed E-state index contributed by atoms with van der Waals surface area (Å²) in [7, 11) is 0. The molecular formula is C54H50N3+. The fourth-order valence-corrected chi connectivity index (χ4v) is 9.78. The lowest BCUT2D eigenvalue weighted by atomic mass is 9.84. The van der Waals surface area contributed by atoms with Gasteiger partial charge < -0.3 is 8.80 Å². The van der Waals surface area contributed by atoms with E-state index in [-0.39, 0.29) is 16.2 Å². The Kier molecular flexibility index (Phi) is 6.85. The standard InChI is InChI=1S/C54H49N3/c1-52(2,3)32-20-23-46-39(24-32)43-26-34(54(7,8)9)28-45-40-31-49-41(30-48(40)56(46)51(43)45)44-27-33(53(4,5)6)25-42-38-22-21-37(29-47(38)57(49)50(42)44)55(35-16-12-10-13-17-35)36-18-14-11-15-19-36/h10-31H,1-9H3/p+1. The van der Waals surface area contributed by atoms with E-state index < -0.39 is 0 Å². The van der Waals surface area contributed by atoms with Crippen molar-refractivity contribution in [3.05, 3.63) is 150 Å². The number of hydrogen-bond acceptors (Lipinski definition) is 0. The molecule has 0 radical (unpaired) electrons. The predicted octanol–water partition coefficient (Wildman–Crippen LogP) is 14.1. The quantitative estimate of drug-likeness (QED) is 0.185. The maximum Gasteiger partial charge on any atom is 0.143 e. The first-order chi connectivity index (χ1) is 27.2. The minimum atomic E-state index is -0.00670. The first-order valence-corrected chi connectivity index (χ1v) is 20.6. The van der Waals surface area contributed by atoms with Gasteiger partial charge in [-0.25, -0.2) is 4.90 Å². The Bertz CT molecular complexity index is 3340. The van der Waals surface area contributed by atoms with E-state index in [1.54, 1.807) is 0 Å². The molecule has 3 heteroatoms. The molecule has 3 nitrogen and oxygen atoms in total. The van der Waals surface area contributed by atoms with Crippen molar-refractivity contribution in [2.24, 2.45) is 0 Å². The summed E-state index contributed by atoms with van der Waals surface area (Å²) in [6.07, 6.45) is 0. The third-order valence-electron chi connectivity index (χ3n) is 12.9. The Morgan fingerprint density at radius 1 is 0.316 bits per heavy atom. The molecule has 11 rings (SSSR count). The maximum atomic E-state index is 2.59. The zero-order valence-corrected chi connectivity index (χ0v) is 34.6. The fraction of sp³-hybridized carbons (Fsp3) is 0.222. The lowest BCUT2D eigenvalue weighted by Crippen LogP contribution is -2.96. The second-order valence-corrected chi connectivity index (χ2v) is 19.7. The highest BCUT2D eigenvalue weighted by Gasteiger charge is 2.28. The minimum absolute atomic E-state index is 0.00470. The van der Waals surface area contributed by atoms with Gasteiger partial charge in [-0.2, -0.15) is 0 Å². The monoisotopic (exact) mass is 740 g/mol. The van der Waals surface area contributed by atoms with Crippen molar-refractivity contribution in [1.29, 1.82) is 0 Å². The van der Waals surface area contributed by atoms with Crippen molar-refractivity contribution in [1.82, 2.24) is 8.80 Å². The van der Waals surface area contributed by atoms with Gasteiger partial charge in [-0.15, -0.1) is 0 Å². The van der Waals surface area contributed by atoms with Crippen molar-refractivity contribution in [2.45, 2.75) is 78.6 Å². The van der Waals surface area contributed by atoms with Crippen LogP contribution in [0, 0.1) is 0 Å². The van der Waals surface area contributed by atoms with E-state index in [9.17, 15) is 0 Å². The Labute approximate surface area is 334 Å². The van der Waals surface area contributed by atoms with Crippen molar-refractivity contribution in [3.63, 3.8) is 0 Å². The molecule has 0 saturated heterocycles. The van der Waals surface area contributed by atoms with Crippen LogP contribution in [0.1, 0.15) is 79.0 Å². The highest BCUT2D eigenvalue weighted by atomic mass is 15.1. The Hall–Kier alpha value is -5.90. The van der Waals surface area contributed by atoms with Gasteiger partial charge in [-0.3, -0.25) is 0 Å². The zero-order valence-electron chi connectivity index (χ0n) is 34.6. The Balaban J connectivity index is 1.29. The number of nitrogens with one attached hydrogen (secondary N) is 1. The number of benzene rings is 7. The molecule has 0 aliphatic heterocycles. The molecule has 11 aromatic rings. The van der Waals surface area contributed by atoms with Crippen molar-refractivity contribution < 1.29 is 4.90 Å². The van der Waals surface area contributed by atoms with Crippen molar-refractivity contribution in [3.8, 4) is 0 Å². The van der Waals surface area contributed by atoms with Crippen LogP contribution in [0.4, 0.5) is 17.1 Å². The van der Waals surface area contributed by atoms with Crippen LogP contribution in [-0.2, 0) is 16.2 Å². The molecule has 280 valence electrons. The molecular weight excluding hydrogens is 691 g/mol. The molecule has 0 aliphatic carbocycles. The van der Waals surface area contributed by atoms with Gasteiger partial charge in [0.25, 0.3) is 0 Å². The van der Waals surface area contributed by atoms with Crippen LogP contribution in [0.15, 0.2) is 133 Å². The summed E-state index contributed by atoms with van der Waals surface area (Å²) in [5.41, 5.74) is 15.6.